The van der Waals surface area contributed by atoms with E-state index >= 15 is 0 Å². The summed E-state index contributed by atoms with van der Waals surface area (Å²) in [5.74, 6) is 0. The van der Waals surface area contributed by atoms with Gasteiger partial charge in [-0.1, -0.05) is 18.5 Å². The minimum Gasteiger partial charge on any atom is -0.396 e. The van der Waals surface area contributed by atoms with Crippen molar-refractivity contribution < 1.29 is 10.0 Å². The molecule has 1 aromatic rings. The average Bonchev–Trinajstić information content (AvgIpc) is 2.31. The van der Waals surface area contributed by atoms with Crippen LogP contribution in [0.3, 0.4) is 0 Å². The number of hydrogen-bond acceptors (Lipinski definition) is 4. The van der Waals surface area contributed by atoms with E-state index in [0.29, 0.717) is 17.1 Å². The molecule has 18 heavy (non-hydrogen) atoms. The molecule has 0 aliphatic rings. The summed E-state index contributed by atoms with van der Waals surface area (Å²) in [6.07, 6.45) is 1.26. The van der Waals surface area contributed by atoms with Crippen molar-refractivity contribution in [3.05, 3.63) is 33.3 Å². The molecule has 2 N–H and O–H groups in total. The van der Waals surface area contributed by atoms with Crippen LogP contribution in [0, 0.1) is 10.1 Å². The van der Waals surface area contributed by atoms with Gasteiger partial charge in [-0.15, -0.1) is 0 Å². The lowest BCUT2D eigenvalue weighted by molar-refractivity contribution is -0.384. The summed E-state index contributed by atoms with van der Waals surface area (Å²) >= 11 is 5.75. The van der Waals surface area contributed by atoms with Crippen molar-refractivity contribution in [1.82, 2.24) is 0 Å². The molecule has 0 saturated heterocycles. The van der Waals surface area contributed by atoms with Crippen molar-refractivity contribution >= 4 is 23.0 Å². The fourth-order valence-corrected chi connectivity index (χ4v) is 1.83. The molecule has 0 heterocycles. The van der Waals surface area contributed by atoms with Crippen molar-refractivity contribution in [3.8, 4) is 0 Å². The molecule has 100 valence electrons. The maximum Gasteiger partial charge on any atom is 0.293 e. The topological polar surface area (TPSA) is 75.4 Å². The number of aliphatic hydroxyl groups excluding tert-OH is 1. The number of rotatable bonds is 6. The number of nitrogens with one attached hydrogen (secondary N) is 1. The first-order chi connectivity index (χ1) is 8.41. The van der Waals surface area contributed by atoms with Gasteiger partial charge in [-0.2, -0.15) is 0 Å². The summed E-state index contributed by atoms with van der Waals surface area (Å²) in [5.41, 5.74) is -0.0184. The lowest BCUT2D eigenvalue weighted by Crippen LogP contribution is -2.35. The molecule has 0 aliphatic carbocycles. The monoisotopic (exact) mass is 272 g/mol. The number of benzene rings is 1. The number of anilines is 1. The summed E-state index contributed by atoms with van der Waals surface area (Å²) in [6.45, 7) is 3.91. The van der Waals surface area contributed by atoms with Crippen LogP contribution < -0.4 is 5.32 Å². The Kier molecular flexibility index (Phi) is 4.93. The average molecular weight is 273 g/mol. The van der Waals surface area contributed by atoms with Crippen LogP contribution in [0.25, 0.3) is 0 Å². The lowest BCUT2D eigenvalue weighted by atomic mass is 9.94. The third kappa shape index (κ3) is 3.58. The number of nitrogens with zero attached hydrogens (tertiary/aromatic N) is 1. The number of nitro benzene ring substituents is 1. The largest absolute Gasteiger partial charge is 0.396 e. The molecular weight excluding hydrogens is 256 g/mol. The standard InChI is InChI=1S/C12H17ClN2O3/c1-3-12(2,6-7-16)14-10-5-4-9(13)8-11(10)15(17)18/h4-5,8,14,16H,3,6-7H2,1-2H3. The third-order valence-corrected chi connectivity index (χ3v) is 3.27. The van der Waals surface area contributed by atoms with Gasteiger partial charge in [0.25, 0.3) is 5.69 Å². The van der Waals surface area contributed by atoms with Gasteiger partial charge in [0.05, 0.1) is 4.92 Å². The first kappa shape index (κ1) is 14.7. The summed E-state index contributed by atoms with van der Waals surface area (Å²) < 4.78 is 0. The second-order valence-electron chi connectivity index (χ2n) is 4.43. The molecule has 1 rings (SSSR count). The molecule has 0 fully saturated rings. The van der Waals surface area contributed by atoms with E-state index in [4.69, 9.17) is 16.7 Å². The van der Waals surface area contributed by atoms with E-state index in [2.05, 4.69) is 5.32 Å². The molecular formula is C12H17ClN2O3. The van der Waals surface area contributed by atoms with E-state index in [9.17, 15) is 10.1 Å². The van der Waals surface area contributed by atoms with Crippen molar-refractivity contribution in [2.45, 2.75) is 32.2 Å². The predicted octanol–water partition coefficient (Wildman–Crippen LogP) is 3.21. The van der Waals surface area contributed by atoms with Crippen LogP contribution >= 0.6 is 11.6 Å². The molecule has 0 saturated carbocycles. The van der Waals surface area contributed by atoms with Crippen LogP contribution in [0.2, 0.25) is 5.02 Å². The second-order valence-corrected chi connectivity index (χ2v) is 4.87. The van der Waals surface area contributed by atoms with Crippen LogP contribution in [0.4, 0.5) is 11.4 Å². The SMILES string of the molecule is CCC(C)(CCO)Nc1ccc(Cl)cc1[N+](=O)[O-]. The normalized spacial score (nSPS) is 14.0. The zero-order valence-electron chi connectivity index (χ0n) is 10.4. The van der Waals surface area contributed by atoms with Crippen molar-refractivity contribution in [2.75, 3.05) is 11.9 Å². The van der Waals surface area contributed by atoms with E-state index in [1.807, 2.05) is 13.8 Å². The fourth-order valence-electron chi connectivity index (χ4n) is 1.66. The molecule has 6 heteroatoms. The molecule has 0 spiro atoms. The molecule has 0 aliphatic heterocycles. The first-order valence-electron chi connectivity index (χ1n) is 5.75. The van der Waals surface area contributed by atoms with Gasteiger partial charge in [-0.25, -0.2) is 0 Å². The van der Waals surface area contributed by atoms with Crippen molar-refractivity contribution in [2.24, 2.45) is 0 Å². The van der Waals surface area contributed by atoms with Gasteiger partial charge in [0.2, 0.25) is 0 Å². The quantitative estimate of drug-likeness (QED) is 0.616. The van der Waals surface area contributed by atoms with Crippen LogP contribution in [0.15, 0.2) is 18.2 Å². The number of hydrogen-bond donors (Lipinski definition) is 2. The van der Waals surface area contributed by atoms with E-state index in [0.717, 1.165) is 6.42 Å². The van der Waals surface area contributed by atoms with Gasteiger partial charge in [-0.3, -0.25) is 10.1 Å². The predicted molar refractivity (Wildman–Crippen MR) is 72.1 cm³/mol. The minimum absolute atomic E-state index is 0.0265. The maximum atomic E-state index is 11.0. The molecule has 1 aromatic carbocycles. The second kappa shape index (κ2) is 6.02. The highest BCUT2D eigenvalue weighted by Gasteiger charge is 2.25. The summed E-state index contributed by atoms with van der Waals surface area (Å²) in [7, 11) is 0. The Bertz CT molecular complexity index is 439. The van der Waals surface area contributed by atoms with Crippen LogP contribution in [-0.4, -0.2) is 22.2 Å². The highest BCUT2D eigenvalue weighted by atomic mass is 35.5. The molecule has 1 unspecified atom stereocenters. The van der Waals surface area contributed by atoms with Gasteiger partial charge in [0.15, 0.2) is 0 Å². The zero-order valence-corrected chi connectivity index (χ0v) is 11.2. The molecule has 0 bridgehead atoms. The fraction of sp³-hybridized carbons (Fsp3) is 0.500. The highest BCUT2D eigenvalue weighted by molar-refractivity contribution is 6.30. The molecule has 0 amide bonds. The summed E-state index contributed by atoms with van der Waals surface area (Å²) in [4.78, 5) is 10.5. The Hall–Kier alpha value is -1.33. The minimum atomic E-state index is -0.469. The Morgan fingerprint density at radius 1 is 1.56 bits per heavy atom. The highest BCUT2D eigenvalue weighted by Crippen LogP contribution is 2.31. The van der Waals surface area contributed by atoms with Crippen molar-refractivity contribution in [3.63, 3.8) is 0 Å². The zero-order chi connectivity index (χ0) is 13.8. The molecule has 0 aromatic heterocycles. The van der Waals surface area contributed by atoms with Crippen LogP contribution in [0.1, 0.15) is 26.7 Å². The van der Waals surface area contributed by atoms with Gasteiger partial charge in [0.1, 0.15) is 5.69 Å². The lowest BCUT2D eigenvalue weighted by Gasteiger charge is -2.30. The van der Waals surface area contributed by atoms with Crippen LogP contribution in [-0.2, 0) is 0 Å². The number of nitro groups is 1. The number of halogens is 1. The molecule has 1 atom stereocenters. The van der Waals surface area contributed by atoms with E-state index in [1.54, 1.807) is 12.1 Å². The van der Waals surface area contributed by atoms with Gasteiger partial charge < -0.3 is 10.4 Å². The number of aliphatic hydroxyl groups is 1. The Morgan fingerprint density at radius 3 is 2.72 bits per heavy atom. The third-order valence-electron chi connectivity index (χ3n) is 3.04. The van der Waals surface area contributed by atoms with E-state index in [-0.39, 0.29) is 17.8 Å². The van der Waals surface area contributed by atoms with Gasteiger partial charge in [0, 0.05) is 23.2 Å². The summed E-state index contributed by atoms with van der Waals surface area (Å²) in [6, 6.07) is 4.51. The molecule has 0 radical (unpaired) electrons. The maximum absolute atomic E-state index is 11.0. The first-order valence-corrected chi connectivity index (χ1v) is 6.12. The van der Waals surface area contributed by atoms with Crippen molar-refractivity contribution in [1.29, 1.82) is 0 Å². The van der Waals surface area contributed by atoms with Crippen LogP contribution in [0.5, 0.6) is 0 Å². The Morgan fingerprint density at radius 2 is 2.22 bits per heavy atom. The Labute approximate surface area is 111 Å². The van der Waals surface area contributed by atoms with Gasteiger partial charge >= 0.3 is 0 Å². The smallest absolute Gasteiger partial charge is 0.293 e. The van der Waals surface area contributed by atoms with Gasteiger partial charge in [-0.05, 0) is 31.9 Å². The van der Waals surface area contributed by atoms with E-state index in [1.165, 1.54) is 6.07 Å². The summed E-state index contributed by atoms with van der Waals surface area (Å²) in [5, 5.41) is 23.5. The van der Waals surface area contributed by atoms with E-state index < -0.39 is 4.92 Å². The Balaban J connectivity index is 3.06. The molecule has 5 nitrogen and oxygen atoms in total.